The van der Waals surface area contributed by atoms with Gasteiger partial charge in [0, 0.05) is 24.4 Å². The van der Waals surface area contributed by atoms with Crippen LogP contribution in [-0.4, -0.2) is 44.2 Å². The number of pyridine rings is 1. The number of esters is 1. The highest BCUT2D eigenvalue weighted by molar-refractivity contribution is 7.90. The number of aliphatic imine (C=N–C) groups is 1. The van der Waals surface area contributed by atoms with E-state index in [0.29, 0.717) is 33.2 Å². The molecule has 32 heavy (non-hydrogen) atoms. The monoisotopic (exact) mass is 469 g/mol. The number of aromatic nitrogens is 1. The van der Waals surface area contributed by atoms with Crippen molar-refractivity contribution in [1.82, 2.24) is 4.98 Å². The fourth-order valence-corrected chi connectivity index (χ4v) is 3.72. The minimum Gasteiger partial charge on any atom is -0.465 e. The van der Waals surface area contributed by atoms with E-state index in [0.717, 1.165) is 6.26 Å². The SMILES string of the molecule is COC(=O)C(=N)CC(=Nc1ccccc1Cl)c1ccc(-c2cccc(S(C)(=O)=O)c2)cn1. The van der Waals surface area contributed by atoms with Crippen LogP contribution in [0, 0.1) is 5.41 Å². The molecule has 0 aliphatic rings. The van der Waals surface area contributed by atoms with Crippen LogP contribution >= 0.6 is 11.6 Å². The van der Waals surface area contributed by atoms with E-state index in [1.165, 1.54) is 13.2 Å². The molecule has 0 unspecified atom stereocenters. The first-order valence-electron chi connectivity index (χ1n) is 9.44. The van der Waals surface area contributed by atoms with Gasteiger partial charge in [0.25, 0.3) is 0 Å². The number of hydrogen-bond acceptors (Lipinski definition) is 7. The van der Waals surface area contributed by atoms with Crippen molar-refractivity contribution in [2.24, 2.45) is 4.99 Å². The fraction of sp³-hybridized carbons (Fsp3) is 0.130. The van der Waals surface area contributed by atoms with Gasteiger partial charge >= 0.3 is 5.97 Å². The second kappa shape index (κ2) is 9.84. The fourth-order valence-electron chi connectivity index (χ4n) is 2.88. The summed E-state index contributed by atoms with van der Waals surface area (Å²) in [6.07, 6.45) is 2.63. The van der Waals surface area contributed by atoms with Crippen LogP contribution in [-0.2, 0) is 19.4 Å². The Hall–Kier alpha value is -3.36. The predicted molar refractivity (Wildman–Crippen MR) is 125 cm³/mol. The summed E-state index contributed by atoms with van der Waals surface area (Å²) in [4.78, 5) is 20.9. The number of nitrogens with one attached hydrogen (secondary N) is 1. The van der Waals surface area contributed by atoms with E-state index in [4.69, 9.17) is 17.0 Å². The average Bonchev–Trinajstić information content (AvgIpc) is 2.79. The van der Waals surface area contributed by atoms with E-state index < -0.39 is 15.8 Å². The maximum Gasteiger partial charge on any atom is 0.352 e. The molecule has 0 atom stereocenters. The number of ether oxygens (including phenoxy) is 1. The van der Waals surface area contributed by atoms with Crippen LogP contribution in [0.25, 0.3) is 11.1 Å². The number of para-hydroxylation sites is 1. The second-order valence-corrected chi connectivity index (χ2v) is 9.31. The smallest absolute Gasteiger partial charge is 0.352 e. The number of carbonyl (C=O) groups excluding carboxylic acids is 1. The van der Waals surface area contributed by atoms with Crippen molar-refractivity contribution < 1.29 is 17.9 Å². The van der Waals surface area contributed by atoms with Gasteiger partial charge in [0.1, 0.15) is 5.71 Å². The van der Waals surface area contributed by atoms with E-state index in [1.807, 2.05) is 0 Å². The zero-order chi connectivity index (χ0) is 23.3. The molecule has 0 amide bonds. The molecule has 0 spiro atoms. The molecule has 3 aromatic rings. The topological polar surface area (TPSA) is 110 Å². The van der Waals surface area contributed by atoms with Gasteiger partial charge in [-0.1, -0.05) is 41.9 Å². The van der Waals surface area contributed by atoms with Gasteiger partial charge in [-0.3, -0.25) is 10.4 Å². The first-order valence-corrected chi connectivity index (χ1v) is 11.7. The molecule has 1 N–H and O–H groups in total. The molecule has 0 aliphatic heterocycles. The minimum absolute atomic E-state index is 0.103. The third kappa shape index (κ3) is 5.66. The van der Waals surface area contributed by atoms with Gasteiger partial charge in [-0.25, -0.2) is 18.2 Å². The van der Waals surface area contributed by atoms with Crippen molar-refractivity contribution in [3.63, 3.8) is 0 Å². The highest BCUT2D eigenvalue weighted by atomic mass is 35.5. The highest BCUT2D eigenvalue weighted by Gasteiger charge is 2.17. The molecule has 0 bridgehead atoms. The van der Waals surface area contributed by atoms with Gasteiger partial charge in [0.2, 0.25) is 0 Å². The Morgan fingerprint density at radius 3 is 2.47 bits per heavy atom. The Labute approximate surface area is 191 Å². The lowest BCUT2D eigenvalue weighted by Gasteiger charge is -2.09. The third-order valence-electron chi connectivity index (χ3n) is 4.54. The molecule has 9 heteroatoms. The summed E-state index contributed by atoms with van der Waals surface area (Å²) in [6, 6.07) is 17.0. The van der Waals surface area contributed by atoms with Gasteiger partial charge in [-0.05, 0) is 35.9 Å². The lowest BCUT2D eigenvalue weighted by atomic mass is 10.1. The molecule has 0 saturated heterocycles. The summed E-state index contributed by atoms with van der Waals surface area (Å²) < 4.78 is 28.3. The van der Waals surface area contributed by atoms with Gasteiger partial charge in [-0.15, -0.1) is 0 Å². The maximum atomic E-state index is 11.8. The largest absolute Gasteiger partial charge is 0.465 e. The number of rotatable bonds is 7. The molecule has 1 aromatic heterocycles. The summed E-state index contributed by atoms with van der Waals surface area (Å²) >= 11 is 6.22. The lowest BCUT2D eigenvalue weighted by Crippen LogP contribution is -2.19. The Morgan fingerprint density at radius 1 is 1.09 bits per heavy atom. The molecule has 2 aromatic carbocycles. The van der Waals surface area contributed by atoms with Gasteiger partial charge in [-0.2, -0.15) is 0 Å². The third-order valence-corrected chi connectivity index (χ3v) is 5.97. The van der Waals surface area contributed by atoms with Crippen molar-refractivity contribution in [3.05, 3.63) is 77.6 Å². The molecule has 1 heterocycles. The van der Waals surface area contributed by atoms with Crippen molar-refractivity contribution in [1.29, 1.82) is 5.41 Å². The zero-order valence-corrected chi connectivity index (χ0v) is 18.9. The summed E-state index contributed by atoms with van der Waals surface area (Å²) in [5.41, 5.74) is 2.42. The first kappa shape index (κ1) is 23.3. The number of carbonyl (C=O) groups is 1. The number of methoxy groups -OCH3 is 1. The van der Waals surface area contributed by atoms with E-state index in [-0.39, 0.29) is 17.0 Å². The molecule has 0 saturated carbocycles. The predicted octanol–water partition coefficient (Wildman–Crippen LogP) is 4.51. The first-order chi connectivity index (χ1) is 15.2. The number of sulfone groups is 1. The Balaban J connectivity index is 2.00. The molecular formula is C23H20ClN3O4S. The molecule has 0 aliphatic carbocycles. The van der Waals surface area contributed by atoms with Crippen LogP contribution in [0.3, 0.4) is 0 Å². The second-order valence-electron chi connectivity index (χ2n) is 6.89. The average molecular weight is 470 g/mol. The lowest BCUT2D eigenvalue weighted by molar-refractivity contribution is -0.132. The Kier molecular flexibility index (Phi) is 7.17. The van der Waals surface area contributed by atoms with Crippen molar-refractivity contribution >= 4 is 44.5 Å². The number of halogens is 1. The van der Waals surface area contributed by atoms with Crippen LogP contribution < -0.4 is 0 Å². The van der Waals surface area contributed by atoms with Crippen molar-refractivity contribution in [3.8, 4) is 11.1 Å². The number of hydrogen-bond donors (Lipinski definition) is 1. The summed E-state index contributed by atoms with van der Waals surface area (Å²) in [6.45, 7) is 0. The van der Waals surface area contributed by atoms with Crippen molar-refractivity contribution in [2.45, 2.75) is 11.3 Å². The molecular weight excluding hydrogens is 450 g/mol. The molecule has 0 radical (unpaired) electrons. The summed E-state index contributed by atoms with van der Waals surface area (Å²) in [5, 5.41) is 8.40. The number of nitrogens with zero attached hydrogens (tertiary/aromatic N) is 2. The van der Waals surface area contributed by atoms with Crippen LogP contribution in [0.2, 0.25) is 5.02 Å². The van der Waals surface area contributed by atoms with Gasteiger partial charge in [0.05, 0.1) is 34.1 Å². The van der Waals surface area contributed by atoms with E-state index in [1.54, 1.807) is 60.8 Å². The quantitative estimate of drug-likeness (QED) is 0.404. The van der Waals surface area contributed by atoms with E-state index >= 15 is 0 Å². The standard InChI is InChI=1S/C23H20ClN3O4S/c1-31-23(28)19(25)13-22(27-20-9-4-3-8-18(20)24)21-11-10-16(14-26-21)15-6-5-7-17(12-15)32(2,29)30/h3-12,14,25H,13H2,1-2H3. The molecule has 7 nitrogen and oxygen atoms in total. The molecule has 3 rings (SSSR count). The Bertz CT molecular complexity index is 1300. The zero-order valence-electron chi connectivity index (χ0n) is 17.4. The van der Waals surface area contributed by atoms with Crippen LogP contribution in [0.1, 0.15) is 12.1 Å². The van der Waals surface area contributed by atoms with E-state index in [2.05, 4.69) is 14.7 Å². The number of benzene rings is 2. The highest BCUT2D eigenvalue weighted by Crippen LogP contribution is 2.26. The van der Waals surface area contributed by atoms with Gasteiger partial charge in [0.15, 0.2) is 9.84 Å². The minimum atomic E-state index is -3.34. The summed E-state index contributed by atoms with van der Waals surface area (Å²) in [5.74, 6) is -0.758. The van der Waals surface area contributed by atoms with Crippen LogP contribution in [0.15, 0.2) is 76.7 Å². The van der Waals surface area contributed by atoms with Crippen LogP contribution in [0.4, 0.5) is 5.69 Å². The molecule has 0 fully saturated rings. The normalized spacial score (nSPS) is 11.8. The van der Waals surface area contributed by atoms with E-state index in [9.17, 15) is 13.2 Å². The molecule has 164 valence electrons. The van der Waals surface area contributed by atoms with Crippen molar-refractivity contribution in [2.75, 3.05) is 13.4 Å². The van der Waals surface area contributed by atoms with Gasteiger partial charge < -0.3 is 4.74 Å². The summed E-state index contributed by atoms with van der Waals surface area (Å²) in [7, 11) is -2.13. The Morgan fingerprint density at radius 2 is 1.84 bits per heavy atom. The van der Waals surface area contributed by atoms with Crippen LogP contribution in [0.5, 0.6) is 0 Å². The maximum absolute atomic E-state index is 11.8.